The number of hydrogen-bond donors (Lipinski definition) is 1. The summed E-state index contributed by atoms with van der Waals surface area (Å²) < 4.78 is 12.2. The molecule has 0 bridgehead atoms. The maximum absolute atomic E-state index is 12.6. The molecule has 27 heavy (non-hydrogen) atoms. The summed E-state index contributed by atoms with van der Waals surface area (Å²) in [5.74, 6) is 2.13. The Labute approximate surface area is 158 Å². The highest BCUT2D eigenvalue weighted by atomic mass is 16.5. The minimum atomic E-state index is 0.0510. The van der Waals surface area contributed by atoms with Crippen LogP contribution < -0.4 is 15.2 Å². The van der Waals surface area contributed by atoms with E-state index in [2.05, 4.69) is 15.5 Å². The van der Waals surface area contributed by atoms with Gasteiger partial charge in [0.1, 0.15) is 11.5 Å². The average Bonchev–Trinajstić information content (AvgIpc) is 3.30. The number of nitrogens with zero attached hydrogens (tertiary/aromatic N) is 5. The van der Waals surface area contributed by atoms with Gasteiger partial charge in [-0.3, -0.25) is 4.79 Å². The normalized spacial score (nSPS) is 19.1. The van der Waals surface area contributed by atoms with E-state index in [1.54, 1.807) is 36.9 Å². The Morgan fingerprint density at radius 1 is 1.26 bits per heavy atom. The fraction of sp³-hybridized carbons (Fsp3) is 0.556. The molecule has 9 nitrogen and oxygen atoms in total. The van der Waals surface area contributed by atoms with Gasteiger partial charge in [0.25, 0.3) is 0 Å². The summed E-state index contributed by atoms with van der Waals surface area (Å²) in [5.41, 5.74) is 6.79. The number of methoxy groups -OCH3 is 2. The molecule has 0 unspecified atom stereocenters. The van der Waals surface area contributed by atoms with Gasteiger partial charge in [-0.2, -0.15) is 4.68 Å². The van der Waals surface area contributed by atoms with Crippen LogP contribution in [0.15, 0.2) is 18.2 Å². The fourth-order valence-electron chi connectivity index (χ4n) is 3.42. The van der Waals surface area contributed by atoms with Crippen LogP contribution in [-0.4, -0.2) is 58.3 Å². The van der Waals surface area contributed by atoms with Crippen LogP contribution in [-0.2, 0) is 11.3 Å². The Kier molecular flexibility index (Phi) is 5.90. The third-order valence-electron chi connectivity index (χ3n) is 5.07. The van der Waals surface area contributed by atoms with E-state index in [1.807, 2.05) is 12.1 Å². The molecular weight excluding hydrogens is 348 g/mol. The molecule has 1 aromatic heterocycles. The average molecular weight is 374 g/mol. The van der Waals surface area contributed by atoms with Gasteiger partial charge < -0.3 is 20.1 Å². The molecule has 1 aromatic carbocycles. The molecule has 1 aliphatic rings. The summed E-state index contributed by atoms with van der Waals surface area (Å²) in [4.78, 5) is 14.2. The van der Waals surface area contributed by atoms with Crippen LogP contribution in [0.3, 0.4) is 0 Å². The largest absolute Gasteiger partial charge is 0.497 e. The van der Waals surface area contributed by atoms with E-state index in [1.165, 1.54) is 0 Å². The number of rotatable bonds is 7. The zero-order valence-corrected chi connectivity index (χ0v) is 16.0. The predicted octanol–water partition coefficient (Wildman–Crippen LogP) is 1.16. The van der Waals surface area contributed by atoms with Crippen LogP contribution in [0, 0.1) is 5.92 Å². The van der Waals surface area contributed by atoms with Crippen molar-refractivity contribution in [3.63, 3.8) is 0 Å². The number of carbonyl (C=O) groups is 1. The Hall–Kier alpha value is -2.68. The van der Waals surface area contributed by atoms with Crippen molar-refractivity contribution in [2.24, 2.45) is 11.7 Å². The van der Waals surface area contributed by atoms with Crippen LogP contribution in [0.4, 0.5) is 0 Å². The molecule has 1 aliphatic carbocycles. The van der Waals surface area contributed by atoms with Gasteiger partial charge in [-0.05, 0) is 29.2 Å². The molecule has 0 aliphatic heterocycles. The maximum Gasteiger partial charge on any atom is 0.223 e. The summed E-state index contributed by atoms with van der Waals surface area (Å²) >= 11 is 0. The highest BCUT2D eigenvalue weighted by molar-refractivity contribution is 5.76. The minimum absolute atomic E-state index is 0.0510. The first-order valence-corrected chi connectivity index (χ1v) is 9.02. The summed E-state index contributed by atoms with van der Waals surface area (Å²) in [7, 11) is 4.92. The number of tetrazole rings is 1. The SMILES string of the molecule is COc1cc(OC)cc(-n2nnnc2CN(C)C(=O)C[C@@H]2CCC[C@H]2N)c1. The molecule has 9 heteroatoms. The van der Waals surface area contributed by atoms with Crippen molar-refractivity contribution in [2.45, 2.75) is 38.3 Å². The number of hydrogen-bond acceptors (Lipinski definition) is 7. The number of nitrogens with two attached hydrogens (primary N) is 1. The molecular formula is C18H26N6O3. The van der Waals surface area contributed by atoms with E-state index < -0.39 is 0 Å². The van der Waals surface area contributed by atoms with Gasteiger partial charge in [0.05, 0.1) is 26.5 Å². The number of benzene rings is 1. The number of amides is 1. The molecule has 3 rings (SSSR count). The lowest BCUT2D eigenvalue weighted by molar-refractivity contribution is -0.131. The monoisotopic (exact) mass is 374 g/mol. The number of aromatic nitrogens is 4. The quantitative estimate of drug-likeness (QED) is 0.774. The highest BCUT2D eigenvalue weighted by Crippen LogP contribution is 2.28. The lowest BCUT2D eigenvalue weighted by atomic mass is 9.99. The summed E-state index contributed by atoms with van der Waals surface area (Å²) in [6.07, 6.45) is 3.57. The first-order chi connectivity index (χ1) is 13.0. The zero-order chi connectivity index (χ0) is 19.4. The fourth-order valence-corrected chi connectivity index (χ4v) is 3.42. The van der Waals surface area contributed by atoms with Gasteiger partial charge in [-0.25, -0.2) is 0 Å². The van der Waals surface area contributed by atoms with Gasteiger partial charge in [-0.1, -0.05) is 6.42 Å². The molecule has 2 atom stereocenters. The second-order valence-corrected chi connectivity index (χ2v) is 6.89. The summed E-state index contributed by atoms with van der Waals surface area (Å²) in [6.45, 7) is 0.299. The third kappa shape index (κ3) is 4.36. The van der Waals surface area contributed by atoms with E-state index in [9.17, 15) is 4.79 Å². The van der Waals surface area contributed by atoms with Crippen LogP contribution in [0.1, 0.15) is 31.5 Å². The van der Waals surface area contributed by atoms with Crippen molar-refractivity contribution in [3.05, 3.63) is 24.0 Å². The lowest BCUT2D eigenvalue weighted by Gasteiger charge is -2.21. The molecule has 0 radical (unpaired) electrons. The lowest BCUT2D eigenvalue weighted by Crippen LogP contribution is -2.33. The Bertz CT molecular complexity index is 771. The van der Waals surface area contributed by atoms with Crippen molar-refractivity contribution in [3.8, 4) is 17.2 Å². The first kappa shape index (κ1) is 19.1. The van der Waals surface area contributed by atoms with Crippen molar-refractivity contribution >= 4 is 5.91 Å². The molecule has 146 valence electrons. The highest BCUT2D eigenvalue weighted by Gasteiger charge is 2.27. The van der Waals surface area contributed by atoms with Gasteiger partial charge in [0.2, 0.25) is 5.91 Å². The Balaban J connectivity index is 1.74. The summed E-state index contributed by atoms with van der Waals surface area (Å²) in [5, 5.41) is 11.9. The van der Waals surface area contributed by atoms with Gasteiger partial charge in [0.15, 0.2) is 5.82 Å². The smallest absolute Gasteiger partial charge is 0.223 e. The van der Waals surface area contributed by atoms with Gasteiger partial charge in [0, 0.05) is 37.7 Å². The van der Waals surface area contributed by atoms with E-state index in [4.69, 9.17) is 15.2 Å². The standard InChI is InChI=1S/C18H26N6O3/c1-23(18(25)7-12-5-4-6-16(12)19)11-17-20-21-22-24(17)13-8-14(26-2)10-15(9-13)27-3/h8-10,12,16H,4-7,11,19H2,1-3H3/t12-,16+/m0/s1. The number of ether oxygens (including phenoxy) is 2. The van der Waals surface area contributed by atoms with Gasteiger partial charge >= 0.3 is 0 Å². The van der Waals surface area contributed by atoms with Crippen molar-refractivity contribution in [2.75, 3.05) is 21.3 Å². The van der Waals surface area contributed by atoms with Crippen LogP contribution in [0.2, 0.25) is 0 Å². The molecule has 0 saturated heterocycles. The van der Waals surface area contributed by atoms with E-state index in [0.29, 0.717) is 36.0 Å². The maximum atomic E-state index is 12.6. The van der Waals surface area contributed by atoms with Crippen molar-refractivity contribution in [1.29, 1.82) is 0 Å². The predicted molar refractivity (Wildman–Crippen MR) is 98.7 cm³/mol. The second kappa shape index (κ2) is 8.34. The molecule has 2 aromatic rings. The Morgan fingerprint density at radius 2 is 1.96 bits per heavy atom. The first-order valence-electron chi connectivity index (χ1n) is 9.02. The van der Waals surface area contributed by atoms with Crippen molar-refractivity contribution < 1.29 is 14.3 Å². The number of carbonyl (C=O) groups excluding carboxylic acids is 1. The minimum Gasteiger partial charge on any atom is -0.497 e. The van der Waals surface area contributed by atoms with Crippen LogP contribution in [0.25, 0.3) is 5.69 Å². The van der Waals surface area contributed by atoms with E-state index in [-0.39, 0.29) is 17.9 Å². The molecule has 1 amide bonds. The molecule has 2 N–H and O–H groups in total. The molecule has 1 saturated carbocycles. The summed E-state index contributed by atoms with van der Waals surface area (Å²) in [6, 6.07) is 5.51. The molecule has 1 fully saturated rings. The van der Waals surface area contributed by atoms with E-state index >= 15 is 0 Å². The van der Waals surface area contributed by atoms with E-state index in [0.717, 1.165) is 19.3 Å². The van der Waals surface area contributed by atoms with Gasteiger partial charge in [-0.15, -0.1) is 5.10 Å². The van der Waals surface area contributed by atoms with Crippen LogP contribution >= 0.6 is 0 Å². The topological polar surface area (TPSA) is 108 Å². The molecule has 0 spiro atoms. The molecule has 1 heterocycles. The zero-order valence-electron chi connectivity index (χ0n) is 16.0. The van der Waals surface area contributed by atoms with Crippen LogP contribution in [0.5, 0.6) is 11.5 Å². The van der Waals surface area contributed by atoms with Crippen molar-refractivity contribution in [1.82, 2.24) is 25.1 Å². The third-order valence-corrected chi connectivity index (χ3v) is 5.07. The second-order valence-electron chi connectivity index (χ2n) is 6.89. The Morgan fingerprint density at radius 3 is 2.56 bits per heavy atom.